The Morgan fingerprint density at radius 2 is 1.65 bits per heavy atom. The summed E-state index contributed by atoms with van der Waals surface area (Å²) in [6.45, 7) is 2.67. The number of nitrogens with zero attached hydrogens (tertiary/aromatic N) is 1. The van der Waals surface area contributed by atoms with Crippen molar-refractivity contribution >= 4 is 17.6 Å². The smallest absolute Gasteiger partial charge is 0.322 e. The van der Waals surface area contributed by atoms with Gasteiger partial charge < -0.3 is 25.0 Å². The molecule has 1 heterocycles. The fourth-order valence-electron chi connectivity index (χ4n) is 4.32. The summed E-state index contributed by atoms with van der Waals surface area (Å²) < 4.78 is 11.0. The predicted molar refractivity (Wildman–Crippen MR) is 132 cm³/mol. The van der Waals surface area contributed by atoms with Crippen LogP contribution >= 0.6 is 0 Å². The van der Waals surface area contributed by atoms with Gasteiger partial charge in [0.15, 0.2) is 11.5 Å². The normalized spacial score (nSPS) is 14.7. The monoisotopic (exact) mass is 459 g/mol. The summed E-state index contributed by atoms with van der Waals surface area (Å²) in [5, 5.41) is 6.00. The lowest BCUT2D eigenvalue weighted by molar-refractivity contribution is 0.0936. The van der Waals surface area contributed by atoms with Crippen LogP contribution in [0.3, 0.4) is 0 Å². The SMILES string of the molecule is COc1cc2c(cc1OC)C(CNC(=O)c1ccccc1C)N(C(=O)Nc1ccccc1)CC2. The van der Waals surface area contributed by atoms with E-state index in [2.05, 4.69) is 10.6 Å². The number of hydrogen-bond acceptors (Lipinski definition) is 4. The van der Waals surface area contributed by atoms with Gasteiger partial charge in [-0.05, 0) is 60.4 Å². The number of benzene rings is 3. The van der Waals surface area contributed by atoms with Gasteiger partial charge in [-0.3, -0.25) is 4.79 Å². The molecular weight excluding hydrogens is 430 g/mol. The molecule has 0 bridgehead atoms. The van der Waals surface area contributed by atoms with Crippen molar-refractivity contribution in [3.05, 3.63) is 89.0 Å². The first-order valence-electron chi connectivity index (χ1n) is 11.2. The third kappa shape index (κ3) is 4.83. The second-order valence-electron chi connectivity index (χ2n) is 8.19. The van der Waals surface area contributed by atoms with Crippen molar-refractivity contribution < 1.29 is 19.1 Å². The maximum atomic E-state index is 13.3. The summed E-state index contributed by atoms with van der Waals surface area (Å²) in [7, 11) is 3.19. The number of carbonyl (C=O) groups excluding carboxylic acids is 2. The molecule has 0 aromatic heterocycles. The number of anilines is 1. The van der Waals surface area contributed by atoms with Gasteiger partial charge in [-0.25, -0.2) is 4.79 Å². The number of amides is 3. The van der Waals surface area contributed by atoms with E-state index in [0.717, 1.165) is 16.7 Å². The van der Waals surface area contributed by atoms with Crippen molar-refractivity contribution in [1.82, 2.24) is 10.2 Å². The topological polar surface area (TPSA) is 79.9 Å². The first-order chi connectivity index (χ1) is 16.5. The lowest BCUT2D eigenvalue weighted by Crippen LogP contribution is -2.47. The Morgan fingerprint density at radius 1 is 0.971 bits per heavy atom. The minimum Gasteiger partial charge on any atom is -0.493 e. The largest absolute Gasteiger partial charge is 0.493 e. The highest BCUT2D eigenvalue weighted by molar-refractivity contribution is 5.95. The van der Waals surface area contributed by atoms with Crippen LogP contribution in [-0.4, -0.2) is 44.1 Å². The van der Waals surface area contributed by atoms with Crippen LogP contribution in [0.4, 0.5) is 10.5 Å². The highest BCUT2D eigenvalue weighted by Crippen LogP contribution is 2.38. The Kier molecular flexibility index (Phi) is 7.01. The van der Waals surface area contributed by atoms with E-state index in [1.807, 2.05) is 67.6 Å². The molecule has 7 heteroatoms. The number of rotatable bonds is 6. The van der Waals surface area contributed by atoms with Crippen LogP contribution in [-0.2, 0) is 6.42 Å². The average Bonchev–Trinajstić information content (AvgIpc) is 2.86. The molecule has 2 N–H and O–H groups in total. The molecule has 0 saturated carbocycles. The van der Waals surface area contributed by atoms with Gasteiger partial charge in [0.05, 0.1) is 20.3 Å². The Hall–Kier alpha value is -4.00. The molecule has 4 rings (SSSR count). The van der Waals surface area contributed by atoms with Crippen LogP contribution in [0.2, 0.25) is 0 Å². The zero-order valence-corrected chi connectivity index (χ0v) is 19.6. The van der Waals surface area contributed by atoms with E-state index in [4.69, 9.17) is 9.47 Å². The molecule has 0 radical (unpaired) electrons. The summed E-state index contributed by atoms with van der Waals surface area (Å²) in [6, 6.07) is 20.0. The number of methoxy groups -OCH3 is 2. The summed E-state index contributed by atoms with van der Waals surface area (Å²) in [6.07, 6.45) is 0.667. The highest BCUT2D eigenvalue weighted by Gasteiger charge is 2.32. The molecule has 0 saturated heterocycles. The third-order valence-corrected chi connectivity index (χ3v) is 6.13. The van der Waals surface area contributed by atoms with Gasteiger partial charge in [0, 0.05) is 24.3 Å². The van der Waals surface area contributed by atoms with E-state index in [1.165, 1.54) is 0 Å². The molecule has 0 aliphatic carbocycles. The molecule has 1 aliphatic rings. The van der Waals surface area contributed by atoms with Crippen molar-refractivity contribution in [1.29, 1.82) is 0 Å². The van der Waals surface area contributed by atoms with Gasteiger partial charge in [-0.1, -0.05) is 36.4 Å². The van der Waals surface area contributed by atoms with Crippen LogP contribution in [0.15, 0.2) is 66.7 Å². The zero-order valence-electron chi connectivity index (χ0n) is 19.6. The standard InChI is InChI=1S/C27H29N3O4/c1-18-9-7-8-12-21(18)26(31)28-17-23-22-16-25(34-3)24(33-2)15-19(22)13-14-30(23)27(32)29-20-10-5-4-6-11-20/h4-12,15-16,23H,13-14,17H2,1-3H3,(H,28,31)(H,29,32). The molecule has 3 aromatic rings. The molecule has 3 aromatic carbocycles. The first kappa shape index (κ1) is 23.2. The van der Waals surface area contributed by atoms with Crippen LogP contribution < -0.4 is 20.1 Å². The van der Waals surface area contributed by atoms with Crippen molar-refractivity contribution in [2.75, 3.05) is 32.6 Å². The minimum absolute atomic E-state index is 0.172. The summed E-state index contributed by atoms with van der Waals surface area (Å²) in [4.78, 5) is 28.0. The number of hydrogen-bond donors (Lipinski definition) is 2. The Balaban J connectivity index is 1.64. The van der Waals surface area contributed by atoms with Gasteiger partial charge in [0.1, 0.15) is 0 Å². The second-order valence-corrected chi connectivity index (χ2v) is 8.19. The highest BCUT2D eigenvalue weighted by atomic mass is 16.5. The number of carbonyl (C=O) groups is 2. The fourth-order valence-corrected chi connectivity index (χ4v) is 4.32. The maximum absolute atomic E-state index is 13.3. The van der Waals surface area contributed by atoms with E-state index >= 15 is 0 Å². The number of ether oxygens (including phenoxy) is 2. The zero-order chi connectivity index (χ0) is 24.1. The molecule has 1 atom stereocenters. The lowest BCUT2D eigenvalue weighted by Gasteiger charge is -2.38. The van der Waals surface area contributed by atoms with E-state index < -0.39 is 0 Å². The average molecular weight is 460 g/mol. The maximum Gasteiger partial charge on any atom is 0.322 e. The molecule has 34 heavy (non-hydrogen) atoms. The summed E-state index contributed by atoms with van der Waals surface area (Å²) in [5.41, 5.74) is 4.22. The van der Waals surface area contributed by atoms with Crippen molar-refractivity contribution in [3.8, 4) is 11.5 Å². The van der Waals surface area contributed by atoms with E-state index in [0.29, 0.717) is 35.7 Å². The van der Waals surface area contributed by atoms with Gasteiger partial charge in [0.2, 0.25) is 0 Å². The third-order valence-electron chi connectivity index (χ3n) is 6.13. The van der Waals surface area contributed by atoms with E-state index in [-0.39, 0.29) is 24.5 Å². The van der Waals surface area contributed by atoms with E-state index in [9.17, 15) is 9.59 Å². The van der Waals surface area contributed by atoms with Gasteiger partial charge in [-0.2, -0.15) is 0 Å². The Bertz CT molecular complexity index is 1180. The van der Waals surface area contributed by atoms with E-state index in [1.54, 1.807) is 25.2 Å². The predicted octanol–water partition coefficient (Wildman–Crippen LogP) is 4.57. The van der Waals surface area contributed by atoms with Crippen molar-refractivity contribution in [2.24, 2.45) is 0 Å². The molecule has 1 aliphatic heterocycles. The van der Waals surface area contributed by atoms with Gasteiger partial charge in [0.25, 0.3) is 5.91 Å². The Labute approximate surface area is 199 Å². The van der Waals surface area contributed by atoms with Crippen LogP contribution in [0, 0.1) is 6.92 Å². The fraction of sp³-hybridized carbons (Fsp3) is 0.259. The molecular formula is C27H29N3O4. The molecule has 7 nitrogen and oxygen atoms in total. The van der Waals surface area contributed by atoms with Crippen LogP contribution in [0.25, 0.3) is 0 Å². The molecule has 0 spiro atoms. The number of aryl methyl sites for hydroxylation is 1. The number of nitrogens with one attached hydrogen (secondary N) is 2. The quantitative estimate of drug-likeness (QED) is 0.566. The van der Waals surface area contributed by atoms with Gasteiger partial charge in [-0.15, -0.1) is 0 Å². The number of fused-ring (bicyclic) bond motifs is 1. The van der Waals surface area contributed by atoms with Crippen LogP contribution in [0.5, 0.6) is 11.5 Å². The lowest BCUT2D eigenvalue weighted by atomic mass is 9.91. The second kappa shape index (κ2) is 10.3. The molecule has 0 fully saturated rings. The molecule has 1 unspecified atom stereocenters. The van der Waals surface area contributed by atoms with Crippen molar-refractivity contribution in [3.63, 3.8) is 0 Å². The number of urea groups is 1. The molecule has 176 valence electrons. The summed E-state index contributed by atoms with van der Waals surface area (Å²) in [5.74, 6) is 1.06. The first-order valence-corrected chi connectivity index (χ1v) is 11.2. The molecule has 3 amide bonds. The minimum atomic E-state index is -0.375. The van der Waals surface area contributed by atoms with Gasteiger partial charge >= 0.3 is 6.03 Å². The van der Waals surface area contributed by atoms with Crippen LogP contribution in [0.1, 0.15) is 33.1 Å². The Morgan fingerprint density at radius 3 is 2.35 bits per heavy atom. The summed E-state index contributed by atoms with van der Waals surface area (Å²) >= 11 is 0. The van der Waals surface area contributed by atoms with Crippen molar-refractivity contribution in [2.45, 2.75) is 19.4 Å². The number of para-hydroxylation sites is 1.